The van der Waals surface area contributed by atoms with Gasteiger partial charge in [-0.15, -0.1) is 0 Å². The average Bonchev–Trinajstić information content (AvgIpc) is 3.35. The van der Waals surface area contributed by atoms with Crippen LogP contribution >= 0.6 is 0 Å². The summed E-state index contributed by atoms with van der Waals surface area (Å²) < 4.78 is 5.24. The summed E-state index contributed by atoms with van der Waals surface area (Å²) in [4.78, 5) is 39.0. The van der Waals surface area contributed by atoms with Crippen molar-refractivity contribution in [1.29, 1.82) is 0 Å². The molecule has 2 aromatic rings. The maximum absolute atomic E-state index is 13.1. The summed E-state index contributed by atoms with van der Waals surface area (Å²) in [6.07, 6.45) is 5.01. The Labute approximate surface area is 163 Å². The van der Waals surface area contributed by atoms with E-state index in [4.69, 9.17) is 4.42 Å². The van der Waals surface area contributed by atoms with E-state index in [1.165, 1.54) is 0 Å². The summed E-state index contributed by atoms with van der Waals surface area (Å²) in [5.74, 6) is 0.376. The molecule has 7 nitrogen and oxygen atoms in total. The van der Waals surface area contributed by atoms with Gasteiger partial charge in [-0.1, -0.05) is 0 Å². The molecule has 2 N–H and O–H groups in total. The van der Waals surface area contributed by atoms with Gasteiger partial charge >= 0.3 is 0 Å². The van der Waals surface area contributed by atoms with Crippen molar-refractivity contribution in [3.63, 3.8) is 0 Å². The van der Waals surface area contributed by atoms with E-state index in [1.807, 2.05) is 6.07 Å². The van der Waals surface area contributed by atoms with Gasteiger partial charge in [0.2, 0.25) is 11.8 Å². The van der Waals surface area contributed by atoms with Gasteiger partial charge < -0.3 is 20.0 Å². The number of carbonyl (C=O) groups excluding carboxylic acids is 3. The smallest absolute Gasteiger partial charge is 0.254 e. The van der Waals surface area contributed by atoms with Crippen molar-refractivity contribution in [3.8, 4) is 0 Å². The number of furan rings is 1. The largest absolute Gasteiger partial charge is 0.467 e. The molecule has 4 rings (SSSR count). The Balaban J connectivity index is 1.46. The first-order valence-electron chi connectivity index (χ1n) is 9.65. The average molecular weight is 381 g/mol. The van der Waals surface area contributed by atoms with Crippen LogP contribution in [-0.4, -0.2) is 35.2 Å². The molecule has 1 fully saturated rings. The van der Waals surface area contributed by atoms with Crippen molar-refractivity contribution in [2.24, 2.45) is 0 Å². The lowest BCUT2D eigenvalue weighted by atomic mass is 10.0. The number of fused-ring (bicyclic) bond motifs is 1. The minimum Gasteiger partial charge on any atom is -0.467 e. The Morgan fingerprint density at radius 2 is 2.11 bits per heavy atom. The lowest BCUT2D eigenvalue weighted by Gasteiger charge is -2.24. The molecule has 3 heterocycles. The van der Waals surface area contributed by atoms with Crippen LogP contribution in [0, 0.1) is 0 Å². The molecular weight excluding hydrogens is 358 g/mol. The fraction of sp³-hybridized carbons (Fsp3) is 0.381. The summed E-state index contributed by atoms with van der Waals surface area (Å²) in [6.45, 7) is 0.869. The first kappa shape index (κ1) is 18.3. The minimum atomic E-state index is -0.471. The molecule has 1 saturated heterocycles. The highest BCUT2D eigenvalue weighted by Crippen LogP contribution is 2.26. The Morgan fingerprint density at radius 3 is 2.93 bits per heavy atom. The van der Waals surface area contributed by atoms with Crippen molar-refractivity contribution < 1.29 is 18.8 Å². The summed E-state index contributed by atoms with van der Waals surface area (Å²) in [7, 11) is 0. The molecule has 0 saturated carbocycles. The van der Waals surface area contributed by atoms with Gasteiger partial charge in [0.05, 0.1) is 12.8 Å². The van der Waals surface area contributed by atoms with E-state index in [0.717, 1.165) is 30.5 Å². The second-order valence-corrected chi connectivity index (χ2v) is 7.23. The minimum absolute atomic E-state index is 0.00524. The molecule has 2 aliphatic heterocycles. The monoisotopic (exact) mass is 381 g/mol. The van der Waals surface area contributed by atoms with E-state index < -0.39 is 6.04 Å². The first-order valence-corrected chi connectivity index (χ1v) is 9.65. The number of aryl methyl sites for hydroxylation is 1. The highest BCUT2D eigenvalue weighted by atomic mass is 16.3. The number of nitrogens with zero attached hydrogens (tertiary/aromatic N) is 1. The topological polar surface area (TPSA) is 91.7 Å². The standard InChI is InChI=1S/C21H23N3O4/c25-19-7-1-4-14-12-15(8-9-17(14)23-19)21(27)24-10-2-6-18(24)20(26)22-13-16-5-3-11-28-16/h3,5,8-9,11-12,18H,1-2,4,6-7,10,13H2,(H,22,26)(H,23,25)/t18-/m0/s1. The summed E-state index contributed by atoms with van der Waals surface area (Å²) in [6, 6.07) is 8.46. The fourth-order valence-electron chi connectivity index (χ4n) is 3.86. The van der Waals surface area contributed by atoms with E-state index in [1.54, 1.807) is 35.4 Å². The number of likely N-dealkylation sites (tertiary alicyclic amines) is 1. The second kappa shape index (κ2) is 7.88. The predicted molar refractivity (Wildman–Crippen MR) is 103 cm³/mol. The van der Waals surface area contributed by atoms with Crippen LogP contribution in [0.1, 0.15) is 47.4 Å². The first-order chi connectivity index (χ1) is 13.6. The van der Waals surface area contributed by atoms with E-state index in [9.17, 15) is 14.4 Å². The maximum Gasteiger partial charge on any atom is 0.254 e. The van der Waals surface area contributed by atoms with E-state index >= 15 is 0 Å². The number of nitrogens with one attached hydrogen (secondary N) is 2. The van der Waals surface area contributed by atoms with Crippen LogP contribution < -0.4 is 10.6 Å². The van der Waals surface area contributed by atoms with Gasteiger partial charge in [0.25, 0.3) is 5.91 Å². The SMILES string of the molecule is O=C1CCCc2cc(C(=O)N3CCC[C@H]3C(=O)NCc3ccco3)ccc2N1. The number of carbonyl (C=O) groups is 3. The molecular formula is C21H23N3O4. The highest BCUT2D eigenvalue weighted by molar-refractivity contribution is 5.99. The van der Waals surface area contributed by atoms with Crippen LogP contribution in [0.25, 0.3) is 0 Å². The van der Waals surface area contributed by atoms with Crippen molar-refractivity contribution >= 4 is 23.4 Å². The van der Waals surface area contributed by atoms with Crippen LogP contribution in [0.4, 0.5) is 5.69 Å². The number of hydrogen-bond donors (Lipinski definition) is 2. The summed E-state index contributed by atoms with van der Waals surface area (Å²) in [5, 5.41) is 5.73. The quantitative estimate of drug-likeness (QED) is 0.851. The van der Waals surface area contributed by atoms with Gasteiger partial charge in [-0.25, -0.2) is 0 Å². The van der Waals surface area contributed by atoms with Gasteiger partial charge in [0.1, 0.15) is 11.8 Å². The molecule has 146 valence electrons. The van der Waals surface area contributed by atoms with Crippen LogP contribution in [0.3, 0.4) is 0 Å². The number of amides is 3. The van der Waals surface area contributed by atoms with Gasteiger partial charge in [0, 0.05) is 24.2 Å². The van der Waals surface area contributed by atoms with Gasteiger partial charge in [-0.05, 0) is 61.6 Å². The van der Waals surface area contributed by atoms with Crippen molar-refractivity contribution in [2.75, 3.05) is 11.9 Å². The molecule has 7 heteroatoms. The van der Waals surface area contributed by atoms with Gasteiger partial charge in [-0.2, -0.15) is 0 Å². The number of rotatable bonds is 4. The second-order valence-electron chi connectivity index (χ2n) is 7.23. The molecule has 1 atom stereocenters. The molecule has 0 spiro atoms. The highest BCUT2D eigenvalue weighted by Gasteiger charge is 2.34. The molecule has 2 aliphatic rings. The molecule has 0 bridgehead atoms. The molecule has 1 aromatic carbocycles. The third kappa shape index (κ3) is 3.78. The molecule has 0 radical (unpaired) electrons. The zero-order valence-corrected chi connectivity index (χ0v) is 15.6. The van der Waals surface area contributed by atoms with E-state index in [0.29, 0.717) is 37.3 Å². The molecule has 0 aliphatic carbocycles. The third-order valence-electron chi connectivity index (χ3n) is 5.31. The third-order valence-corrected chi connectivity index (χ3v) is 5.31. The predicted octanol–water partition coefficient (Wildman–Crippen LogP) is 2.48. The summed E-state index contributed by atoms with van der Waals surface area (Å²) >= 11 is 0. The van der Waals surface area contributed by atoms with Crippen molar-refractivity contribution in [2.45, 2.75) is 44.7 Å². The van der Waals surface area contributed by atoms with Crippen LogP contribution in [0.5, 0.6) is 0 Å². The number of benzene rings is 1. The van der Waals surface area contributed by atoms with E-state index in [2.05, 4.69) is 10.6 Å². The molecule has 3 amide bonds. The lowest BCUT2D eigenvalue weighted by molar-refractivity contribution is -0.125. The summed E-state index contributed by atoms with van der Waals surface area (Å²) in [5.41, 5.74) is 2.29. The van der Waals surface area contributed by atoms with Crippen LogP contribution in [0.15, 0.2) is 41.0 Å². The molecule has 28 heavy (non-hydrogen) atoms. The van der Waals surface area contributed by atoms with Crippen LogP contribution in [0.2, 0.25) is 0 Å². The zero-order valence-electron chi connectivity index (χ0n) is 15.6. The number of hydrogen-bond acceptors (Lipinski definition) is 4. The zero-order chi connectivity index (χ0) is 19.5. The fourth-order valence-corrected chi connectivity index (χ4v) is 3.86. The van der Waals surface area contributed by atoms with Crippen molar-refractivity contribution in [1.82, 2.24) is 10.2 Å². The molecule has 0 unspecified atom stereocenters. The Hall–Kier alpha value is -3.09. The Morgan fingerprint density at radius 1 is 1.21 bits per heavy atom. The normalized spacial score (nSPS) is 18.9. The van der Waals surface area contributed by atoms with Gasteiger partial charge in [0.15, 0.2) is 0 Å². The maximum atomic E-state index is 13.1. The van der Waals surface area contributed by atoms with Crippen LogP contribution in [-0.2, 0) is 22.6 Å². The van der Waals surface area contributed by atoms with Gasteiger partial charge in [-0.3, -0.25) is 14.4 Å². The number of anilines is 1. The Bertz CT molecular complexity index is 891. The Kier molecular flexibility index (Phi) is 5.14. The van der Waals surface area contributed by atoms with Crippen molar-refractivity contribution in [3.05, 3.63) is 53.5 Å². The van der Waals surface area contributed by atoms with E-state index in [-0.39, 0.29) is 17.7 Å². The lowest BCUT2D eigenvalue weighted by Crippen LogP contribution is -2.45. The molecule has 1 aromatic heterocycles.